The molecule has 1 fully saturated rings. The molecule has 1 atom stereocenters. The maximum absolute atomic E-state index is 13.8. The Morgan fingerprint density at radius 2 is 1.74 bits per heavy atom. The third-order valence-corrected chi connectivity index (χ3v) is 9.96. The number of pyridine rings is 1. The fourth-order valence-corrected chi connectivity index (χ4v) is 7.14. The van der Waals surface area contributed by atoms with E-state index in [1.54, 1.807) is 6.07 Å². The number of piperidine rings is 1. The van der Waals surface area contributed by atoms with Crippen molar-refractivity contribution < 1.29 is 28.5 Å². The summed E-state index contributed by atoms with van der Waals surface area (Å²) < 4.78 is 31.8. The number of halogens is 1. The van der Waals surface area contributed by atoms with Crippen LogP contribution in [0.15, 0.2) is 36.4 Å². The molecule has 0 bridgehead atoms. The Morgan fingerprint density at radius 3 is 2.40 bits per heavy atom. The van der Waals surface area contributed by atoms with Gasteiger partial charge in [0, 0.05) is 56.2 Å². The Balaban J connectivity index is 1.61. The summed E-state index contributed by atoms with van der Waals surface area (Å²) in [6.45, 7) is 21.9. The first-order valence-corrected chi connectivity index (χ1v) is 18.1. The molecule has 2 aromatic carbocycles. The molecule has 2 aliphatic heterocycles. The molecule has 3 aromatic rings. The molecule has 1 N–H and O–H groups in total. The van der Waals surface area contributed by atoms with Gasteiger partial charge >= 0.3 is 5.97 Å². The highest BCUT2D eigenvalue weighted by atomic mass is 19.1. The number of fused-ring (bicyclic) bond motifs is 1. The van der Waals surface area contributed by atoms with Gasteiger partial charge in [-0.3, -0.25) is 9.88 Å². The molecule has 272 valence electrons. The van der Waals surface area contributed by atoms with Crippen molar-refractivity contribution in [2.24, 2.45) is 5.41 Å². The number of rotatable bonds is 13. The molecule has 3 heterocycles. The van der Waals surface area contributed by atoms with Gasteiger partial charge in [-0.15, -0.1) is 0 Å². The number of carboxylic acids is 1. The highest BCUT2D eigenvalue weighted by molar-refractivity contribution is 5.88. The minimum absolute atomic E-state index is 0.197. The van der Waals surface area contributed by atoms with Crippen LogP contribution in [0.3, 0.4) is 0 Å². The average molecular weight is 690 g/mol. The van der Waals surface area contributed by atoms with Gasteiger partial charge in [0.05, 0.1) is 36.8 Å². The lowest BCUT2D eigenvalue weighted by atomic mass is 9.81. The van der Waals surface area contributed by atoms with Gasteiger partial charge in [-0.05, 0) is 106 Å². The molecule has 2 aliphatic rings. The van der Waals surface area contributed by atoms with Crippen LogP contribution in [0, 0.1) is 25.1 Å². The van der Waals surface area contributed by atoms with Crippen LogP contribution in [0.25, 0.3) is 11.1 Å². The number of benzene rings is 2. The van der Waals surface area contributed by atoms with Gasteiger partial charge in [0.15, 0.2) is 6.10 Å². The molecular formula is C41H56FN3O5. The first kappa shape index (κ1) is 37.9. The summed E-state index contributed by atoms with van der Waals surface area (Å²) in [6, 6.07) is 11.7. The van der Waals surface area contributed by atoms with E-state index in [4.69, 9.17) is 19.2 Å². The highest BCUT2D eigenvalue weighted by Gasteiger charge is 2.37. The number of hydrogen-bond donors (Lipinski definition) is 1. The second-order valence-electron chi connectivity index (χ2n) is 15.6. The number of hydrogen-bond acceptors (Lipinski definition) is 7. The van der Waals surface area contributed by atoms with E-state index in [1.165, 1.54) is 17.2 Å². The lowest BCUT2D eigenvalue weighted by molar-refractivity contribution is -0.160. The van der Waals surface area contributed by atoms with Crippen LogP contribution in [-0.2, 0) is 45.1 Å². The lowest BCUT2D eigenvalue weighted by Crippen LogP contribution is -2.39. The van der Waals surface area contributed by atoms with Crippen LogP contribution in [0.5, 0.6) is 0 Å². The summed E-state index contributed by atoms with van der Waals surface area (Å²) in [5, 5.41) is 10.7. The fourth-order valence-electron chi connectivity index (χ4n) is 7.14. The minimum Gasteiger partial charge on any atom is -0.479 e. The van der Waals surface area contributed by atoms with Gasteiger partial charge in [0.1, 0.15) is 5.82 Å². The largest absolute Gasteiger partial charge is 0.479 e. The van der Waals surface area contributed by atoms with Gasteiger partial charge in [0.2, 0.25) is 0 Å². The molecule has 5 rings (SSSR count). The van der Waals surface area contributed by atoms with Crippen LogP contribution < -0.4 is 4.90 Å². The highest BCUT2D eigenvalue weighted by Crippen LogP contribution is 2.45. The molecule has 0 aliphatic carbocycles. The zero-order valence-electron chi connectivity index (χ0n) is 31.3. The smallest absolute Gasteiger partial charge is 0.337 e. The number of anilines is 1. The number of aryl methyl sites for hydroxylation is 2. The van der Waals surface area contributed by atoms with Crippen LogP contribution in [0.4, 0.5) is 10.1 Å². The van der Waals surface area contributed by atoms with Crippen molar-refractivity contribution in [2.75, 3.05) is 44.4 Å². The lowest BCUT2D eigenvalue weighted by Gasteiger charge is -2.41. The number of aromatic nitrogens is 1. The number of aliphatic carboxylic acids is 1. The quantitative estimate of drug-likeness (QED) is 0.180. The van der Waals surface area contributed by atoms with Crippen LogP contribution in [-0.4, -0.2) is 66.0 Å². The van der Waals surface area contributed by atoms with Gasteiger partial charge in [-0.25, -0.2) is 9.18 Å². The molecule has 1 saturated heterocycles. The molecule has 50 heavy (non-hydrogen) atoms. The molecule has 0 amide bonds. The Labute approximate surface area is 297 Å². The van der Waals surface area contributed by atoms with Crippen molar-refractivity contribution in [3.05, 3.63) is 81.4 Å². The monoisotopic (exact) mass is 689 g/mol. The van der Waals surface area contributed by atoms with Gasteiger partial charge in [-0.2, -0.15) is 0 Å². The van der Waals surface area contributed by atoms with Crippen molar-refractivity contribution in [1.29, 1.82) is 0 Å². The SMILES string of the molecule is CCOCCOCc1nc(C)c([C@H](OC(C)(C)C)C(=O)O)c(N2CCC(C)(C)CC2)c1-c1ccc2c(c1)CCN(Cc1ccc(F)cc1C)C2. The number of nitrogens with zero attached hydrogens (tertiary/aromatic N) is 3. The van der Waals surface area contributed by atoms with Crippen molar-refractivity contribution in [1.82, 2.24) is 9.88 Å². The molecule has 0 unspecified atom stereocenters. The maximum Gasteiger partial charge on any atom is 0.337 e. The van der Waals surface area contributed by atoms with E-state index in [2.05, 4.69) is 41.8 Å². The molecule has 9 heteroatoms. The van der Waals surface area contributed by atoms with Crippen molar-refractivity contribution in [2.45, 2.75) is 106 Å². The molecule has 0 spiro atoms. The van der Waals surface area contributed by atoms with E-state index >= 15 is 0 Å². The summed E-state index contributed by atoms with van der Waals surface area (Å²) in [5.74, 6) is -1.24. The van der Waals surface area contributed by atoms with E-state index < -0.39 is 17.7 Å². The zero-order chi connectivity index (χ0) is 36.2. The standard InChI is InChI=1S/C41H56FN3O5/c1-9-48-20-21-49-26-34-36(30-10-11-32-25-44(17-14-29(32)23-30)24-31-12-13-33(42)22-27(31)2)37(45-18-15-41(7,8)16-19-45)35(28(3)43-34)38(39(46)47)50-40(4,5)6/h10-13,22-23,38H,9,14-21,24-26H2,1-8H3,(H,46,47)/t38-/m0/s1. The summed E-state index contributed by atoms with van der Waals surface area (Å²) in [6.07, 6.45) is 1.64. The Morgan fingerprint density at radius 1 is 1.02 bits per heavy atom. The van der Waals surface area contributed by atoms with Gasteiger partial charge < -0.3 is 24.2 Å². The fraction of sp³-hybridized carbons (Fsp3) is 0.561. The second-order valence-corrected chi connectivity index (χ2v) is 15.6. The van der Waals surface area contributed by atoms with E-state index in [1.807, 2.05) is 47.6 Å². The van der Waals surface area contributed by atoms with Crippen LogP contribution in [0.1, 0.15) is 99.7 Å². The number of carbonyl (C=O) groups is 1. The number of ether oxygens (including phenoxy) is 3. The zero-order valence-corrected chi connectivity index (χ0v) is 31.3. The van der Waals surface area contributed by atoms with Crippen LogP contribution in [0.2, 0.25) is 0 Å². The Kier molecular flexibility index (Phi) is 12.0. The minimum atomic E-state index is -1.19. The van der Waals surface area contributed by atoms with Gasteiger partial charge in [-0.1, -0.05) is 38.1 Å². The van der Waals surface area contributed by atoms with Crippen molar-refractivity contribution in [3.63, 3.8) is 0 Å². The topological polar surface area (TPSA) is 84.4 Å². The number of carboxylic acid groups (broad SMARTS) is 1. The Hall–Kier alpha value is -3.37. The molecule has 0 saturated carbocycles. The predicted molar refractivity (Wildman–Crippen MR) is 196 cm³/mol. The second kappa shape index (κ2) is 15.9. The summed E-state index contributed by atoms with van der Waals surface area (Å²) >= 11 is 0. The van der Waals surface area contributed by atoms with Crippen molar-refractivity contribution >= 4 is 11.7 Å². The molecule has 1 aromatic heterocycles. The van der Waals surface area contributed by atoms with Crippen LogP contribution >= 0.6 is 0 Å². The average Bonchev–Trinajstić information content (AvgIpc) is 3.04. The van der Waals surface area contributed by atoms with Crippen molar-refractivity contribution in [3.8, 4) is 11.1 Å². The molecular weight excluding hydrogens is 633 g/mol. The van der Waals surface area contributed by atoms with E-state index in [0.717, 1.165) is 85.6 Å². The molecule has 8 nitrogen and oxygen atoms in total. The maximum atomic E-state index is 13.8. The molecule has 0 radical (unpaired) electrons. The van der Waals surface area contributed by atoms with Gasteiger partial charge in [0.25, 0.3) is 0 Å². The summed E-state index contributed by atoms with van der Waals surface area (Å²) in [4.78, 5) is 22.9. The Bertz CT molecular complexity index is 1660. The summed E-state index contributed by atoms with van der Waals surface area (Å²) in [7, 11) is 0. The third-order valence-electron chi connectivity index (χ3n) is 9.96. The first-order valence-electron chi connectivity index (χ1n) is 18.1. The third kappa shape index (κ3) is 9.29. The van der Waals surface area contributed by atoms with E-state index in [0.29, 0.717) is 31.1 Å². The normalized spacial score (nSPS) is 17.1. The van der Waals surface area contributed by atoms with E-state index in [9.17, 15) is 14.3 Å². The van der Waals surface area contributed by atoms with E-state index in [-0.39, 0.29) is 17.8 Å². The summed E-state index contributed by atoms with van der Waals surface area (Å²) in [5.41, 5.74) is 8.97. The predicted octanol–water partition coefficient (Wildman–Crippen LogP) is 8.18. The first-order chi connectivity index (χ1) is 23.7.